The molecule has 0 heterocycles. The maximum Gasteiger partial charge on any atom is 0.166 e. The van der Waals surface area contributed by atoms with E-state index in [4.69, 9.17) is 21.1 Å². The first-order chi connectivity index (χ1) is 8.83. The molecule has 0 radical (unpaired) electrons. The Balaban J connectivity index is 2.78. The quantitative estimate of drug-likeness (QED) is 0.735. The molecule has 0 unspecified atom stereocenters. The Kier molecular flexibility index (Phi) is 7.30. The molecule has 4 heteroatoms. The molecule has 18 heavy (non-hydrogen) atoms. The highest BCUT2D eigenvalue weighted by molar-refractivity contribution is 6.25. The molecule has 0 saturated carbocycles. The van der Waals surface area contributed by atoms with Crippen LogP contribution in [0, 0.1) is 0 Å². The van der Waals surface area contributed by atoms with Crippen molar-refractivity contribution in [3.63, 3.8) is 0 Å². The molecule has 1 rings (SSSR count). The molecule has 0 spiro atoms. The average Bonchev–Trinajstić information content (AvgIpc) is 2.40. The van der Waals surface area contributed by atoms with Gasteiger partial charge >= 0.3 is 0 Å². The van der Waals surface area contributed by atoms with Gasteiger partial charge in [0.2, 0.25) is 0 Å². The summed E-state index contributed by atoms with van der Waals surface area (Å²) in [6.07, 6.45) is 2.85. The lowest BCUT2D eigenvalue weighted by Crippen LogP contribution is -2.15. The molecule has 100 valence electrons. The molecule has 0 amide bonds. The van der Waals surface area contributed by atoms with Crippen molar-refractivity contribution < 1.29 is 9.47 Å². The van der Waals surface area contributed by atoms with E-state index >= 15 is 0 Å². The van der Waals surface area contributed by atoms with E-state index in [-0.39, 0.29) is 0 Å². The van der Waals surface area contributed by atoms with Crippen LogP contribution >= 0.6 is 11.6 Å². The van der Waals surface area contributed by atoms with Gasteiger partial charge in [-0.2, -0.15) is 0 Å². The van der Waals surface area contributed by atoms with Gasteiger partial charge in [-0.25, -0.2) is 0 Å². The second kappa shape index (κ2) is 8.84. The summed E-state index contributed by atoms with van der Waals surface area (Å²) in [6.45, 7) is 4.33. The van der Waals surface area contributed by atoms with Gasteiger partial charge in [0, 0.05) is 17.6 Å². The molecule has 0 atom stereocenters. The van der Waals surface area contributed by atoms with Crippen LogP contribution in [-0.2, 0) is 6.54 Å². The molecule has 0 aromatic heterocycles. The lowest BCUT2D eigenvalue weighted by atomic mass is 10.2. The van der Waals surface area contributed by atoms with E-state index in [1.54, 1.807) is 13.2 Å². The number of ether oxygens (including phenoxy) is 2. The van der Waals surface area contributed by atoms with E-state index < -0.39 is 0 Å². The first-order valence-electron chi connectivity index (χ1n) is 6.08. The van der Waals surface area contributed by atoms with Crippen molar-refractivity contribution in [2.24, 2.45) is 0 Å². The fraction of sp³-hybridized carbons (Fsp3) is 0.429. The van der Waals surface area contributed by atoms with Gasteiger partial charge < -0.3 is 14.8 Å². The maximum atomic E-state index is 5.69. The predicted molar refractivity (Wildman–Crippen MR) is 75.5 cm³/mol. The van der Waals surface area contributed by atoms with Crippen molar-refractivity contribution in [3.8, 4) is 11.5 Å². The number of hydrogen-bond donors (Lipinski definition) is 1. The van der Waals surface area contributed by atoms with Crippen LogP contribution in [0.1, 0.15) is 18.9 Å². The second-order valence-electron chi connectivity index (χ2n) is 3.80. The SMILES string of the molecule is CCCNCc1cccc(OC)c1OC/C=C/Cl. The molecule has 0 bridgehead atoms. The van der Waals surface area contributed by atoms with Crippen LogP contribution in [0.2, 0.25) is 0 Å². The van der Waals surface area contributed by atoms with E-state index in [0.29, 0.717) is 6.61 Å². The van der Waals surface area contributed by atoms with Gasteiger partial charge in [-0.1, -0.05) is 30.7 Å². The molecule has 0 aliphatic rings. The molecule has 0 saturated heterocycles. The minimum atomic E-state index is 0.435. The first-order valence-corrected chi connectivity index (χ1v) is 6.51. The largest absolute Gasteiger partial charge is 0.493 e. The highest BCUT2D eigenvalue weighted by Gasteiger charge is 2.09. The first kappa shape index (κ1) is 14.9. The Morgan fingerprint density at radius 1 is 1.39 bits per heavy atom. The number of benzene rings is 1. The Morgan fingerprint density at radius 3 is 2.89 bits per heavy atom. The Hall–Kier alpha value is -1.19. The molecular weight excluding hydrogens is 250 g/mol. The monoisotopic (exact) mass is 269 g/mol. The topological polar surface area (TPSA) is 30.5 Å². The summed E-state index contributed by atoms with van der Waals surface area (Å²) in [4.78, 5) is 0. The molecule has 0 aliphatic carbocycles. The molecule has 3 nitrogen and oxygen atoms in total. The summed E-state index contributed by atoms with van der Waals surface area (Å²) in [5.41, 5.74) is 2.54. The third kappa shape index (κ3) is 4.59. The fourth-order valence-corrected chi connectivity index (χ4v) is 1.67. The van der Waals surface area contributed by atoms with Crippen LogP contribution in [0.4, 0.5) is 0 Å². The number of rotatable bonds is 8. The minimum Gasteiger partial charge on any atom is -0.493 e. The maximum absolute atomic E-state index is 5.69. The van der Waals surface area contributed by atoms with Crippen molar-refractivity contribution in [2.75, 3.05) is 20.3 Å². The zero-order valence-corrected chi connectivity index (χ0v) is 11.7. The van der Waals surface area contributed by atoms with Gasteiger partial charge in [0.1, 0.15) is 6.61 Å². The molecule has 1 N–H and O–H groups in total. The summed E-state index contributed by atoms with van der Waals surface area (Å²) in [5.74, 6) is 1.52. The van der Waals surface area contributed by atoms with Crippen LogP contribution in [0.15, 0.2) is 29.8 Å². The number of para-hydroxylation sites is 1. The Bertz CT molecular complexity index is 380. The lowest BCUT2D eigenvalue weighted by molar-refractivity contribution is 0.322. The van der Waals surface area contributed by atoms with E-state index in [0.717, 1.165) is 36.6 Å². The molecule has 1 aromatic rings. The van der Waals surface area contributed by atoms with E-state index in [1.165, 1.54) is 5.54 Å². The summed E-state index contributed by atoms with van der Waals surface area (Å²) in [5, 5.41) is 3.35. The van der Waals surface area contributed by atoms with Gasteiger partial charge in [-0.3, -0.25) is 0 Å². The predicted octanol–water partition coefficient (Wildman–Crippen LogP) is 3.33. The average molecular weight is 270 g/mol. The minimum absolute atomic E-state index is 0.435. The van der Waals surface area contributed by atoms with Crippen LogP contribution in [0.5, 0.6) is 11.5 Å². The van der Waals surface area contributed by atoms with Crippen LogP contribution in [0.25, 0.3) is 0 Å². The Morgan fingerprint density at radius 2 is 2.22 bits per heavy atom. The van der Waals surface area contributed by atoms with Gasteiger partial charge in [0.05, 0.1) is 7.11 Å². The summed E-state index contributed by atoms with van der Waals surface area (Å²) < 4.78 is 11.0. The Labute approximate surface area is 114 Å². The third-order valence-electron chi connectivity index (χ3n) is 2.44. The summed E-state index contributed by atoms with van der Waals surface area (Å²) >= 11 is 5.48. The van der Waals surface area contributed by atoms with Crippen molar-refractivity contribution in [1.82, 2.24) is 5.32 Å². The zero-order valence-electron chi connectivity index (χ0n) is 10.9. The van der Waals surface area contributed by atoms with Crippen LogP contribution < -0.4 is 14.8 Å². The van der Waals surface area contributed by atoms with Gasteiger partial charge in [-0.05, 0) is 25.1 Å². The van der Waals surface area contributed by atoms with Crippen LogP contribution in [0.3, 0.4) is 0 Å². The van der Waals surface area contributed by atoms with Gasteiger partial charge in [0.25, 0.3) is 0 Å². The van der Waals surface area contributed by atoms with Crippen LogP contribution in [-0.4, -0.2) is 20.3 Å². The summed E-state index contributed by atoms with van der Waals surface area (Å²) in [7, 11) is 1.64. The second-order valence-corrected chi connectivity index (χ2v) is 4.05. The fourth-order valence-electron chi connectivity index (χ4n) is 1.59. The van der Waals surface area contributed by atoms with Crippen molar-refractivity contribution in [1.29, 1.82) is 0 Å². The van der Waals surface area contributed by atoms with E-state index in [2.05, 4.69) is 12.2 Å². The molecule has 1 aromatic carbocycles. The van der Waals surface area contributed by atoms with Gasteiger partial charge in [-0.15, -0.1) is 0 Å². The highest BCUT2D eigenvalue weighted by atomic mass is 35.5. The molecular formula is C14H20ClNO2. The normalized spacial score (nSPS) is 10.8. The summed E-state index contributed by atoms with van der Waals surface area (Å²) in [6, 6.07) is 5.89. The highest BCUT2D eigenvalue weighted by Crippen LogP contribution is 2.31. The third-order valence-corrected chi connectivity index (χ3v) is 2.61. The smallest absolute Gasteiger partial charge is 0.166 e. The lowest BCUT2D eigenvalue weighted by Gasteiger charge is -2.14. The standard InChI is InChI=1S/C14H20ClNO2/c1-3-9-16-11-12-6-4-7-13(17-2)14(12)18-10-5-8-15/h4-8,16H,3,9-11H2,1-2H3/b8-5+. The van der Waals surface area contributed by atoms with Crippen molar-refractivity contribution >= 4 is 11.6 Å². The molecule has 0 fully saturated rings. The number of methoxy groups -OCH3 is 1. The number of hydrogen-bond acceptors (Lipinski definition) is 3. The number of halogens is 1. The zero-order chi connectivity index (χ0) is 13.2. The van der Waals surface area contributed by atoms with Crippen molar-refractivity contribution in [2.45, 2.75) is 19.9 Å². The molecule has 0 aliphatic heterocycles. The van der Waals surface area contributed by atoms with E-state index in [9.17, 15) is 0 Å². The van der Waals surface area contributed by atoms with Crippen molar-refractivity contribution in [3.05, 3.63) is 35.4 Å². The van der Waals surface area contributed by atoms with Gasteiger partial charge in [0.15, 0.2) is 11.5 Å². The van der Waals surface area contributed by atoms with E-state index in [1.807, 2.05) is 18.2 Å². The number of nitrogens with one attached hydrogen (secondary N) is 1.